The van der Waals surface area contributed by atoms with Crippen molar-refractivity contribution in [2.24, 2.45) is 0 Å². The van der Waals surface area contributed by atoms with Crippen molar-refractivity contribution in [3.63, 3.8) is 0 Å². The Bertz CT molecular complexity index is 1530. The molecule has 36 heavy (non-hydrogen) atoms. The molecule has 2 heterocycles. The van der Waals surface area contributed by atoms with Gasteiger partial charge in [0.25, 0.3) is 10.9 Å². The summed E-state index contributed by atoms with van der Waals surface area (Å²) in [5, 5.41) is 21.0. The van der Waals surface area contributed by atoms with Crippen LogP contribution in [-0.2, 0) is 17.8 Å². The number of nitrogen functional groups attached to an aromatic ring is 1. The number of nitrogens with zero attached hydrogens (tertiary/aromatic N) is 3. The molecule has 6 N–H and O–H groups in total. The Morgan fingerprint density at radius 3 is 2.56 bits per heavy atom. The Morgan fingerprint density at radius 2 is 1.94 bits per heavy atom. The number of aromatic carboxylic acids is 1. The quantitative estimate of drug-likeness (QED) is 0.130. The summed E-state index contributed by atoms with van der Waals surface area (Å²) < 4.78 is 19.0. The lowest BCUT2D eigenvalue weighted by molar-refractivity contribution is 0.0590. The number of hydrogen-bond acceptors (Lipinski definition) is 11. The van der Waals surface area contributed by atoms with Gasteiger partial charge in [0.1, 0.15) is 22.9 Å². The third-order valence-electron chi connectivity index (χ3n) is 4.86. The van der Waals surface area contributed by atoms with Gasteiger partial charge in [-0.05, 0) is 29.5 Å². The lowest BCUT2D eigenvalue weighted by Crippen LogP contribution is -2.37. The number of anilines is 2. The summed E-state index contributed by atoms with van der Waals surface area (Å²) in [6.07, 6.45) is 1.06. The molecule has 188 valence electrons. The first-order valence-electron chi connectivity index (χ1n) is 9.91. The van der Waals surface area contributed by atoms with Crippen LogP contribution in [0.5, 0.6) is 5.88 Å². The molecular formula is C21H18ClFN6O7. The van der Waals surface area contributed by atoms with E-state index in [9.17, 15) is 28.7 Å². The van der Waals surface area contributed by atoms with Crippen molar-refractivity contribution in [3.8, 4) is 5.88 Å². The van der Waals surface area contributed by atoms with Crippen molar-refractivity contribution < 1.29 is 28.9 Å². The van der Waals surface area contributed by atoms with Crippen molar-refractivity contribution >= 4 is 40.9 Å². The van der Waals surface area contributed by atoms with Gasteiger partial charge in [-0.2, -0.15) is 0 Å². The number of carbonyl (C=O) groups is 2. The number of carboxylic acid groups (broad SMARTS) is 1. The molecule has 0 bridgehead atoms. The van der Waals surface area contributed by atoms with Crippen LogP contribution in [0.4, 0.5) is 15.8 Å². The lowest BCUT2D eigenvalue weighted by Gasteiger charge is -2.11. The molecule has 15 heteroatoms. The SMILES string of the molecule is COC(=O)c1cc(C(=O)O)nc2ncc(O)n12.Nc1c(NCc2cc(CNCl)ccc2F)c(=O)c1=O. The highest BCUT2D eigenvalue weighted by Crippen LogP contribution is 2.17. The fourth-order valence-electron chi connectivity index (χ4n) is 3.06. The van der Waals surface area contributed by atoms with E-state index < -0.39 is 28.6 Å². The zero-order valence-corrected chi connectivity index (χ0v) is 19.2. The van der Waals surface area contributed by atoms with Crippen molar-refractivity contribution in [2.75, 3.05) is 18.2 Å². The molecule has 0 atom stereocenters. The van der Waals surface area contributed by atoms with E-state index in [0.29, 0.717) is 12.1 Å². The number of hydrogen-bond donors (Lipinski definition) is 5. The van der Waals surface area contributed by atoms with Gasteiger partial charge in [0, 0.05) is 24.7 Å². The highest BCUT2D eigenvalue weighted by Gasteiger charge is 2.20. The molecule has 4 aromatic rings. The molecule has 0 aliphatic carbocycles. The number of halogens is 2. The van der Waals surface area contributed by atoms with E-state index >= 15 is 0 Å². The van der Waals surface area contributed by atoms with Crippen LogP contribution in [0.1, 0.15) is 32.1 Å². The minimum Gasteiger partial charge on any atom is -0.493 e. The van der Waals surface area contributed by atoms with E-state index in [1.54, 1.807) is 12.1 Å². The van der Waals surface area contributed by atoms with Crippen molar-refractivity contribution in [3.05, 3.63) is 79.2 Å². The number of methoxy groups -OCH3 is 1. The van der Waals surface area contributed by atoms with Gasteiger partial charge in [-0.15, -0.1) is 0 Å². The highest BCUT2D eigenvalue weighted by molar-refractivity contribution is 6.13. The van der Waals surface area contributed by atoms with E-state index in [2.05, 4.69) is 24.9 Å². The largest absolute Gasteiger partial charge is 0.493 e. The number of nitrogens with one attached hydrogen (secondary N) is 2. The van der Waals surface area contributed by atoms with Gasteiger partial charge in [-0.3, -0.25) is 9.59 Å². The summed E-state index contributed by atoms with van der Waals surface area (Å²) in [6.45, 7) is 0.452. The molecule has 0 radical (unpaired) electrons. The Hall–Kier alpha value is -4.56. The van der Waals surface area contributed by atoms with Gasteiger partial charge in [0.15, 0.2) is 5.69 Å². The maximum atomic E-state index is 13.6. The van der Waals surface area contributed by atoms with Crippen LogP contribution < -0.4 is 26.7 Å². The van der Waals surface area contributed by atoms with Crippen LogP contribution in [-0.4, -0.2) is 43.6 Å². The number of rotatable bonds is 7. The zero-order valence-electron chi connectivity index (χ0n) is 18.4. The standard InChI is InChI=1S/C12H11ClFN3O2.C9H7N3O5/c13-17-4-6-1-2-8(14)7(3-6)5-16-10-9(15)11(18)12(10)19;1-17-8(16)5-2-4(7(14)15)11-9-10-3-6(13)12(5)9/h1-3,16-17H,4-5,15H2;2-3,13H,1H3,(H,14,15). The smallest absolute Gasteiger partial charge is 0.355 e. The van der Waals surface area contributed by atoms with Crippen LogP contribution in [0.2, 0.25) is 0 Å². The van der Waals surface area contributed by atoms with Crippen LogP contribution in [0.15, 0.2) is 40.1 Å². The fraction of sp³-hybridized carbons (Fsp3) is 0.143. The molecular weight excluding hydrogens is 503 g/mol. The summed E-state index contributed by atoms with van der Waals surface area (Å²) in [5.41, 5.74) is 4.56. The van der Waals surface area contributed by atoms with Crippen LogP contribution >= 0.6 is 11.8 Å². The van der Waals surface area contributed by atoms with Crippen LogP contribution in [0.3, 0.4) is 0 Å². The fourth-order valence-corrected chi connectivity index (χ4v) is 3.22. The van der Waals surface area contributed by atoms with Crippen molar-refractivity contribution in [2.45, 2.75) is 13.1 Å². The first-order valence-corrected chi connectivity index (χ1v) is 10.3. The van der Waals surface area contributed by atoms with Crippen LogP contribution in [0.25, 0.3) is 5.78 Å². The normalized spacial score (nSPS) is 10.6. The number of imidazole rings is 1. The summed E-state index contributed by atoms with van der Waals surface area (Å²) in [6, 6.07) is 5.52. The topological polar surface area (TPSA) is 198 Å². The predicted molar refractivity (Wildman–Crippen MR) is 125 cm³/mol. The monoisotopic (exact) mass is 520 g/mol. The number of fused-ring (bicyclic) bond motifs is 1. The van der Waals surface area contributed by atoms with Crippen molar-refractivity contribution in [1.82, 2.24) is 19.2 Å². The Labute approximate surface area is 205 Å². The predicted octanol–water partition coefficient (Wildman–Crippen LogP) is 0.779. The number of nitrogens with two attached hydrogens (primary N) is 1. The molecule has 0 fully saturated rings. The molecule has 0 amide bonds. The first-order chi connectivity index (χ1) is 17.1. The van der Waals surface area contributed by atoms with Gasteiger partial charge in [-0.1, -0.05) is 6.07 Å². The Morgan fingerprint density at radius 1 is 1.22 bits per heavy atom. The lowest BCUT2D eigenvalue weighted by atomic mass is 10.1. The highest BCUT2D eigenvalue weighted by atomic mass is 35.5. The Balaban J connectivity index is 0.000000202. The number of aromatic nitrogens is 3. The molecule has 0 saturated heterocycles. The van der Waals surface area contributed by atoms with Crippen LogP contribution in [0, 0.1) is 5.82 Å². The number of ether oxygens (including phenoxy) is 1. The molecule has 0 spiro atoms. The second-order valence-corrected chi connectivity index (χ2v) is 7.38. The molecule has 0 aliphatic heterocycles. The zero-order chi connectivity index (χ0) is 26.6. The minimum absolute atomic E-state index is 0.0465. The van der Waals surface area contributed by atoms with Gasteiger partial charge >= 0.3 is 11.9 Å². The third-order valence-corrected chi connectivity index (χ3v) is 4.99. The summed E-state index contributed by atoms with van der Waals surface area (Å²) in [5.74, 6) is -2.94. The number of carbonyl (C=O) groups excluding carboxylic acids is 1. The van der Waals surface area contributed by atoms with E-state index in [-0.39, 0.29) is 41.0 Å². The Kier molecular flexibility index (Phi) is 7.81. The molecule has 4 rings (SSSR count). The minimum atomic E-state index is -1.31. The summed E-state index contributed by atoms with van der Waals surface area (Å²) in [4.78, 5) is 54.1. The van der Waals surface area contributed by atoms with E-state index in [1.807, 2.05) is 0 Å². The average Bonchev–Trinajstić information content (AvgIpc) is 3.25. The van der Waals surface area contributed by atoms with E-state index in [1.165, 1.54) is 6.07 Å². The first kappa shape index (κ1) is 26.1. The molecule has 2 aromatic carbocycles. The van der Waals surface area contributed by atoms with Gasteiger partial charge in [-0.25, -0.2) is 33.2 Å². The number of carboxylic acids is 1. The number of benzene rings is 1. The van der Waals surface area contributed by atoms with E-state index in [4.69, 9.17) is 22.6 Å². The van der Waals surface area contributed by atoms with Gasteiger partial charge in [0.05, 0.1) is 13.3 Å². The second kappa shape index (κ2) is 10.8. The average molecular weight is 521 g/mol. The van der Waals surface area contributed by atoms with Crippen molar-refractivity contribution in [1.29, 1.82) is 0 Å². The summed E-state index contributed by atoms with van der Waals surface area (Å²) in [7, 11) is 1.14. The number of aromatic hydroxyl groups is 1. The molecule has 13 nitrogen and oxygen atoms in total. The molecule has 2 aromatic heterocycles. The second-order valence-electron chi connectivity index (χ2n) is 7.11. The maximum Gasteiger partial charge on any atom is 0.355 e. The van der Waals surface area contributed by atoms with E-state index in [0.717, 1.165) is 29.3 Å². The third kappa shape index (κ3) is 5.24. The number of esters is 1. The van der Waals surface area contributed by atoms with Gasteiger partial charge < -0.3 is 26.0 Å². The van der Waals surface area contributed by atoms with Gasteiger partial charge in [0.2, 0.25) is 11.7 Å². The molecule has 0 unspecified atom stereocenters. The maximum absolute atomic E-state index is 13.6. The molecule has 0 saturated carbocycles. The molecule has 0 aliphatic rings. The summed E-state index contributed by atoms with van der Waals surface area (Å²) >= 11 is 5.38.